The number of nitrogens with zero attached hydrogens (tertiary/aromatic N) is 3. The van der Waals surface area contributed by atoms with Crippen molar-refractivity contribution in [2.24, 2.45) is 0 Å². The average Bonchev–Trinajstić information content (AvgIpc) is 3.29. The third kappa shape index (κ3) is 4.88. The van der Waals surface area contributed by atoms with Crippen molar-refractivity contribution in [3.05, 3.63) is 63.5 Å². The van der Waals surface area contributed by atoms with Gasteiger partial charge in [0.05, 0.1) is 23.5 Å². The highest BCUT2D eigenvalue weighted by Crippen LogP contribution is 2.35. The summed E-state index contributed by atoms with van der Waals surface area (Å²) in [4.78, 5) is 49.0. The lowest BCUT2D eigenvalue weighted by Crippen LogP contribution is -2.30. The van der Waals surface area contributed by atoms with Crippen LogP contribution in [-0.4, -0.2) is 32.7 Å². The number of halogens is 3. The van der Waals surface area contributed by atoms with Crippen LogP contribution in [0.1, 0.15) is 55.7 Å². The third-order valence-electron chi connectivity index (χ3n) is 4.97. The molecular weight excluding hydrogens is 473 g/mol. The van der Waals surface area contributed by atoms with Gasteiger partial charge >= 0.3 is 6.18 Å². The van der Waals surface area contributed by atoms with Gasteiger partial charge in [-0.15, -0.1) is 11.3 Å². The van der Waals surface area contributed by atoms with E-state index >= 15 is 0 Å². The maximum atomic E-state index is 13.2. The number of rotatable bonds is 5. The molecule has 34 heavy (non-hydrogen) atoms. The van der Waals surface area contributed by atoms with Gasteiger partial charge in [-0.25, -0.2) is 15.0 Å². The summed E-state index contributed by atoms with van der Waals surface area (Å²) in [5, 5.41) is 7.96. The molecule has 176 valence electrons. The minimum Gasteiger partial charge on any atom is -0.342 e. The number of benzene rings is 1. The Hall–Kier alpha value is -3.87. The van der Waals surface area contributed by atoms with Crippen LogP contribution in [0, 0.1) is 0 Å². The van der Waals surface area contributed by atoms with Crippen LogP contribution < -0.4 is 16.0 Å². The number of fused-ring (bicyclic) bond motifs is 1. The SMILES string of the molecule is C[C@@H](NC(=O)c1ncnc2c1CCC(=O)N2)c1ncc(C(=O)Nc2ccccc2C(F)(F)F)s1. The summed E-state index contributed by atoms with van der Waals surface area (Å²) in [6, 6.07) is 4.04. The fourth-order valence-corrected chi connectivity index (χ4v) is 4.14. The highest BCUT2D eigenvalue weighted by atomic mass is 32.1. The Bertz CT molecular complexity index is 1280. The Kier molecular flexibility index (Phi) is 6.28. The first-order valence-electron chi connectivity index (χ1n) is 10.0. The molecule has 2 aromatic heterocycles. The van der Waals surface area contributed by atoms with Crippen LogP contribution in [0.2, 0.25) is 0 Å². The van der Waals surface area contributed by atoms with E-state index < -0.39 is 29.6 Å². The molecule has 3 N–H and O–H groups in total. The normalized spacial score (nSPS) is 14.1. The number of alkyl halides is 3. The molecule has 0 unspecified atom stereocenters. The Balaban J connectivity index is 1.46. The number of amides is 3. The molecule has 0 fully saturated rings. The molecule has 0 bridgehead atoms. The van der Waals surface area contributed by atoms with Gasteiger partial charge in [0.2, 0.25) is 5.91 Å². The molecule has 0 radical (unpaired) electrons. The molecule has 1 aliphatic heterocycles. The molecule has 1 atom stereocenters. The van der Waals surface area contributed by atoms with Crippen LogP contribution >= 0.6 is 11.3 Å². The molecule has 0 spiro atoms. The first-order valence-corrected chi connectivity index (χ1v) is 10.8. The molecule has 0 saturated heterocycles. The van der Waals surface area contributed by atoms with Gasteiger partial charge in [0.1, 0.15) is 27.7 Å². The van der Waals surface area contributed by atoms with Crippen molar-refractivity contribution in [2.45, 2.75) is 32.0 Å². The highest BCUT2D eigenvalue weighted by Gasteiger charge is 2.34. The van der Waals surface area contributed by atoms with E-state index in [1.165, 1.54) is 24.7 Å². The van der Waals surface area contributed by atoms with Gasteiger partial charge in [-0.2, -0.15) is 13.2 Å². The molecule has 0 saturated carbocycles. The van der Waals surface area contributed by atoms with Gasteiger partial charge in [0, 0.05) is 12.0 Å². The summed E-state index contributed by atoms with van der Waals surface area (Å²) in [6.07, 6.45) is -1.69. The van der Waals surface area contributed by atoms with Gasteiger partial charge < -0.3 is 16.0 Å². The van der Waals surface area contributed by atoms with Crippen molar-refractivity contribution in [1.82, 2.24) is 20.3 Å². The van der Waals surface area contributed by atoms with Crippen molar-refractivity contribution >= 4 is 40.6 Å². The molecule has 3 heterocycles. The van der Waals surface area contributed by atoms with E-state index in [2.05, 4.69) is 30.9 Å². The smallest absolute Gasteiger partial charge is 0.342 e. The Labute approximate surface area is 194 Å². The predicted octanol–water partition coefficient (Wildman–Crippen LogP) is 3.58. The number of nitrogens with one attached hydrogen (secondary N) is 3. The van der Waals surface area contributed by atoms with Crippen LogP contribution in [0.4, 0.5) is 24.7 Å². The van der Waals surface area contributed by atoms with Crippen LogP contribution in [0.15, 0.2) is 36.8 Å². The summed E-state index contributed by atoms with van der Waals surface area (Å²) >= 11 is 0.939. The molecule has 3 amide bonds. The Morgan fingerprint density at radius 2 is 1.88 bits per heavy atom. The number of carbonyl (C=O) groups excluding carboxylic acids is 3. The monoisotopic (exact) mass is 490 g/mol. The standard InChI is InChI=1S/C21H17F3N6O3S/c1-10(28-19(33)16-11-6-7-15(31)30-17(11)27-9-26-16)20-25-8-14(34-20)18(32)29-13-5-3-2-4-12(13)21(22,23)24/h2-5,8-10H,6-7H2,1H3,(H,28,33)(H,29,32)(H,26,27,30,31)/t10-/m1/s1. The number of para-hydroxylation sites is 1. The van der Waals surface area contributed by atoms with Crippen molar-refractivity contribution in [1.29, 1.82) is 0 Å². The van der Waals surface area contributed by atoms with E-state index in [1.807, 2.05) is 0 Å². The lowest BCUT2D eigenvalue weighted by Gasteiger charge is -2.18. The van der Waals surface area contributed by atoms with E-state index in [1.54, 1.807) is 6.92 Å². The summed E-state index contributed by atoms with van der Waals surface area (Å²) in [5.74, 6) is -1.17. The van der Waals surface area contributed by atoms with E-state index in [-0.39, 0.29) is 34.4 Å². The van der Waals surface area contributed by atoms with Gasteiger partial charge in [0.25, 0.3) is 11.8 Å². The lowest BCUT2D eigenvalue weighted by atomic mass is 10.0. The first-order chi connectivity index (χ1) is 16.1. The molecule has 4 rings (SSSR count). The molecule has 13 heteroatoms. The van der Waals surface area contributed by atoms with E-state index in [0.29, 0.717) is 17.0 Å². The van der Waals surface area contributed by atoms with E-state index in [9.17, 15) is 27.6 Å². The summed E-state index contributed by atoms with van der Waals surface area (Å²) in [7, 11) is 0. The molecular formula is C21H17F3N6O3S. The molecule has 0 aliphatic carbocycles. The average molecular weight is 490 g/mol. The van der Waals surface area contributed by atoms with Crippen molar-refractivity contribution in [2.75, 3.05) is 10.6 Å². The quantitative estimate of drug-likeness (QED) is 0.502. The van der Waals surface area contributed by atoms with Crippen LogP contribution in [-0.2, 0) is 17.4 Å². The van der Waals surface area contributed by atoms with Crippen LogP contribution in [0.5, 0.6) is 0 Å². The second-order valence-electron chi connectivity index (χ2n) is 7.35. The molecule has 1 aliphatic rings. The highest BCUT2D eigenvalue weighted by molar-refractivity contribution is 7.13. The van der Waals surface area contributed by atoms with Crippen molar-refractivity contribution in [3.8, 4) is 0 Å². The fourth-order valence-electron chi connectivity index (χ4n) is 3.33. The van der Waals surface area contributed by atoms with Gasteiger partial charge in [0.15, 0.2) is 0 Å². The second kappa shape index (κ2) is 9.17. The predicted molar refractivity (Wildman–Crippen MR) is 116 cm³/mol. The minimum absolute atomic E-state index is 0.0789. The zero-order valence-corrected chi connectivity index (χ0v) is 18.4. The third-order valence-corrected chi connectivity index (χ3v) is 6.15. The molecule has 1 aromatic carbocycles. The van der Waals surface area contributed by atoms with Crippen LogP contribution in [0.3, 0.4) is 0 Å². The number of anilines is 2. The van der Waals surface area contributed by atoms with Crippen LogP contribution in [0.25, 0.3) is 0 Å². The fraction of sp³-hybridized carbons (Fsp3) is 0.238. The van der Waals surface area contributed by atoms with Gasteiger partial charge in [-0.05, 0) is 25.5 Å². The van der Waals surface area contributed by atoms with E-state index in [4.69, 9.17) is 0 Å². The summed E-state index contributed by atoms with van der Waals surface area (Å²) in [5.41, 5.74) is -0.681. The van der Waals surface area contributed by atoms with Gasteiger partial charge in [-0.3, -0.25) is 14.4 Å². The number of aromatic nitrogens is 3. The largest absolute Gasteiger partial charge is 0.418 e. The zero-order valence-electron chi connectivity index (χ0n) is 17.6. The van der Waals surface area contributed by atoms with Crippen molar-refractivity contribution < 1.29 is 27.6 Å². The topological polar surface area (TPSA) is 126 Å². The number of hydrogen-bond acceptors (Lipinski definition) is 7. The Morgan fingerprint density at radius 3 is 2.65 bits per heavy atom. The maximum Gasteiger partial charge on any atom is 0.418 e. The van der Waals surface area contributed by atoms with Gasteiger partial charge in [-0.1, -0.05) is 12.1 Å². The second-order valence-corrected chi connectivity index (χ2v) is 8.42. The number of carbonyl (C=O) groups is 3. The molecule has 3 aromatic rings. The minimum atomic E-state index is -4.62. The zero-order chi connectivity index (χ0) is 24.5. The maximum absolute atomic E-state index is 13.2. The lowest BCUT2D eigenvalue weighted by molar-refractivity contribution is -0.136. The number of thiazole rings is 1. The van der Waals surface area contributed by atoms with Crippen molar-refractivity contribution in [3.63, 3.8) is 0 Å². The summed E-state index contributed by atoms with van der Waals surface area (Å²) in [6.45, 7) is 1.65. The molecule has 9 nitrogen and oxygen atoms in total. The summed E-state index contributed by atoms with van der Waals surface area (Å²) < 4.78 is 39.5. The number of hydrogen-bond donors (Lipinski definition) is 3. The van der Waals surface area contributed by atoms with E-state index in [0.717, 1.165) is 23.5 Å². The Morgan fingerprint density at radius 1 is 1.12 bits per heavy atom. The first kappa shape index (κ1) is 23.3.